The van der Waals surface area contributed by atoms with Crippen molar-refractivity contribution in [2.75, 3.05) is 6.54 Å². The molecule has 4 N–H and O–H groups in total. The first-order valence-corrected chi connectivity index (χ1v) is 7.08. The van der Waals surface area contributed by atoms with Crippen molar-refractivity contribution < 1.29 is 4.79 Å². The molecule has 1 aromatic carbocycles. The number of imidazole rings is 1. The Morgan fingerprint density at radius 2 is 2.05 bits per heavy atom. The predicted molar refractivity (Wildman–Crippen MR) is 94.7 cm³/mol. The Hall–Kier alpha value is -1.30. The maximum atomic E-state index is 11.8. The number of nitrogens with one attached hydrogen (secondary N) is 2. The number of halogens is 2. The first kappa shape index (κ1) is 20.7. The van der Waals surface area contributed by atoms with Crippen molar-refractivity contribution >= 4 is 41.8 Å². The second-order valence-corrected chi connectivity index (χ2v) is 5.15. The Labute approximate surface area is 143 Å². The quantitative estimate of drug-likeness (QED) is 0.750. The lowest BCUT2D eigenvalue weighted by molar-refractivity contribution is -0.123. The average Bonchev–Trinajstić information content (AvgIpc) is 2.88. The molecule has 1 aromatic heterocycles. The third-order valence-corrected chi connectivity index (χ3v) is 3.66. The SMILES string of the molecule is CCC(C)C(N)C(=O)NCCc1nc2ccccc2[nH]1.Cl.Cl. The minimum absolute atomic E-state index is 0. The van der Waals surface area contributed by atoms with E-state index >= 15 is 0 Å². The molecule has 7 heteroatoms. The summed E-state index contributed by atoms with van der Waals surface area (Å²) in [7, 11) is 0. The minimum atomic E-state index is -0.435. The Kier molecular flexibility index (Phi) is 9.09. The van der Waals surface area contributed by atoms with Gasteiger partial charge < -0.3 is 16.0 Å². The van der Waals surface area contributed by atoms with Crippen LogP contribution in [0.5, 0.6) is 0 Å². The zero-order valence-corrected chi connectivity index (χ0v) is 14.5. The fourth-order valence-corrected chi connectivity index (χ4v) is 2.06. The summed E-state index contributed by atoms with van der Waals surface area (Å²) in [5.74, 6) is 0.986. The van der Waals surface area contributed by atoms with Gasteiger partial charge in [0, 0.05) is 13.0 Å². The molecule has 0 saturated carbocycles. The van der Waals surface area contributed by atoms with Gasteiger partial charge in [-0.05, 0) is 18.1 Å². The summed E-state index contributed by atoms with van der Waals surface area (Å²) in [5.41, 5.74) is 7.84. The molecular formula is C15H24Cl2N4O. The molecule has 1 heterocycles. The molecule has 2 aromatic rings. The number of rotatable bonds is 6. The summed E-state index contributed by atoms with van der Waals surface area (Å²) in [6.07, 6.45) is 1.58. The van der Waals surface area contributed by atoms with Crippen molar-refractivity contribution in [3.8, 4) is 0 Å². The number of hydrogen-bond donors (Lipinski definition) is 3. The van der Waals surface area contributed by atoms with Crippen LogP contribution in [0.1, 0.15) is 26.1 Å². The summed E-state index contributed by atoms with van der Waals surface area (Å²) >= 11 is 0. The largest absolute Gasteiger partial charge is 0.354 e. The molecule has 0 saturated heterocycles. The van der Waals surface area contributed by atoms with E-state index in [4.69, 9.17) is 5.73 Å². The van der Waals surface area contributed by atoms with Crippen molar-refractivity contribution in [1.82, 2.24) is 15.3 Å². The number of hydrogen-bond acceptors (Lipinski definition) is 3. The van der Waals surface area contributed by atoms with Crippen LogP contribution in [-0.2, 0) is 11.2 Å². The van der Waals surface area contributed by atoms with Crippen LogP contribution in [0.3, 0.4) is 0 Å². The molecule has 5 nitrogen and oxygen atoms in total. The van der Waals surface area contributed by atoms with E-state index in [1.807, 2.05) is 38.1 Å². The van der Waals surface area contributed by atoms with Crippen LogP contribution < -0.4 is 11.1 Å². The van der Waals surface area contributed by atoms with Crippen molar-refractivity contribution in [3.63, 3.8) is 0 Å². The van der Waals surface area contributed by atoms with E-state index in [0.717, 1.165) is 23.3 Å². The van der Waals surface area contributed by atoms with Gasteiger partial charge in [0.2, 0.25) is 5.91 Å². The summed E-state index contributed by atoms with van der Waals surface area (Å²) in [4.78, 5) is 19.5. The Morgan fingerprint density at radius 3 is 2.68 bits per heavy atom. The molecule has 0 bridgehead atoms. The standard InChI is InChI=1S/C15H22N4O.2ClH/c1-3-10(2)14(16)15(20)17-9-8-13-18-11-6-4-5-7-12(11)19-13;;/h4-7,10,14H,3,8-9,16H2,1-2H3,(H,17,20)(H,18,19);2*1H. The summed E-state index contributed by atoms with van der Waals surface area (Å²) < 4.78 is 0. The van der Waals surface area contributed by atoms with E-state index in [0.29, 0.717) is 13.0 Å². The van der Waals surface area contributed by atoms with E-state index in [1.54, 1.807) is 0 Å². The fourth-order valence-electron chi connectivity index (χ4n) is 2.06. The highest BCUT2D eigenvalue weighted by atomic mass is 35.5. The van der Waals surface area contributed by atoms with Gasteiger partial charge in [-0.15, -0.1) is 24.8 Å². The summed E-state index contributed by atoms with van der Waals surface area (Å²) in [6, 6.07) is 7.45. The molecule has 0 aliphatic rings. The van der Waals surface area contributed by atoms with E-state index in [9.17, 15) is 4.79 Å². The number of H-pyrrole nitrogens is 1. The van der Waals surface area contributed by atoms with Gasteiger partial charge >= 0.3 is 0 Å². The monoisotopic (exact) mass is 346 g/mol. The van der Waals surface area contributed by atoms with Gasteiger partial charge in [0.25, 0.3) is 0 Å². The van der Waals surface area contributed by atoms with Gasteiger partial charge in [0.05, 0.1) is 17.1 Å². The molecule has 0 aliphatic carbocycles. The molecule has 2 rings (SSSR count). The number of carbonyl (C=O) groups is 1. The van der Waals surface area contributed by atoms with Crippen molar-refractivity contribution in [1.29, 1.82) is 0 Å². The van der Waals surface area contributed by atoms with Gasteiger partial charge in [0.1, 0.15) is 5.82 Å². The number of fused-ring (bicyclic) bond motifs is 1. The highest BCUT2D eigenvalue weighted by molar-refractivity contribution is 5.85. The summed E-state index contributed by atoms with van der Waals surface area (Å²) in [6.45, 7) is 4.57. The van der Waals surface area contributed by atoms with E-state index in [-0.39, 0.29) is 36.6 Å². The number of amides is 1. The lowest BCUT2D eigenvalue weighted by Crippen LogP contribution is -2.45. The number of para-hydroxylation sites is 2. The zero-order valence-electron chi connectivity index (χ0n) is 12.8. The van der Waals surface area contributed by atoms with Crippen LogP contribution in [0, 0.1) is 5.92 Å². The third kappa shape index (κ3) is 5.16. The maximum absolute atomic E-state index is 11.8. The van der Waals surface area contributed by atoms with Gasteiger partial charge in [-0.2, -0.15) is 0 Å². The van der Waals surface area contributed by atoms with E-state index < -0.39 is 6.04 Å². The van der Waals surface area contributed by atoms with E-state index in [2.05, 4.69) is 15.3 Å². The fraction of sp³-hybridized carbons (Fsp3) is 0.467. The smallest absolute Gasteiger partial charge is 0.237 e. The molecule has 0 spiro atoms. The molecule has 2 atom stereocenters. The molecule has 124 valence electrons. The Bertz CT molecular complexity index is 555. The molecule has 0 aliphatic heterocycles. The van der Waals surface area contributed by atoms with Gasteiger partial charge in [-0.1, -0.05) is 32.4 Å². The lowest BCUT2D eigenvalue weighted by Gasteiger charge is -2.17. The molecule has 0 radical (unpaired) electrons. The van der Waals surface area contributed by atoms with Crippen LogP contribution in [-0.4, -0.2) is 28.5 Å². The van der Waals surface area contributed by atoms with Crippen LogP contribution in [0.2, 0.25) is 0 Å². The molecule has 1 amide bonds. The highest BCUT2D eigenvalue weighted by Gasteiger charge is 2.18. The first-order valence-electron chi connectivity index (χ1n) is 7.08. The van der Waals surface area contributed by atoms with Gasteiger partial charge in [0.15, 0.2) is 0 Å². The highest BCUT2D eigenvalue weighted by Crippen LogP contribution is 2.10. The molecule has 2 unspecified atom stereocenters. The van der Waals surface area contributed by atoms with Gasteiger partial charge in [-0.25, -0.2) is 4.98 Å². The second-order valence-electron chi connectivity index (χ2n) is 5.15. The van der Waals surface area contributed by atoms with Crippen molar-refractivity contribution in [2.45, 2.75) is 32.7 Å². The lowest BCUT2D eigenvalue weighted by atomic mass is 9.99. The zero-order chi connectivity index (χ0) is 14.5. The van der Waals surface area contributed by atoms with Crippen LogP contribution in [0.4, 0.5) is 0 Å². The van der Waals surface area contributed by atoms with Crippen LogP contribution in [0.25, 0.3) is 11.0 Å². The topological polar surface area (TPSA) is 83.8 Å². The average molecular weight is 347 g/mol. The van der Waals surface area contributed by atoms with Gasteiger partial charge in [-0.3, -0.25) is 4.79 Å². The maximum Gasteiger partial charge on any atom is 0.237 e. The molecular weight excluding hydrogens is 323 g/mol. The van der Waals surface area contributed by atoms with E-state index in [1.165, 1.54) is 0 Å². The number of nitrogens with two attached hydrogens (primary N) is 1. The molecule has 0 fully saturated rings. The Balaban J connectivity index is 0.00000220. The van der Waals surface area contributed by atoms with Crippen molar-refractivity contribution in [2.24, 2.45) is 11.7 Å². The second kappa shape index (κ2) is 9.66. The number of aromatic amines is 1. The predicted octanol–water partition coefficient (Wildman–Crippen LogP) is 2.44. The Morgan fingerprint density at radius 1 is 1.36 bits per heavy atom. The number of aromatic nitrogens is 2. The third-order valence-electron chi connectivity index (χ3n) is 3.66. The van der Waals surface area contributed by atoms with Crippen LogP contribution >= 0.6 is 24.8 Å². The minimum Gasteiger partial charge on any atom is -0.354 e. The molecule has 22 heavy (non-hydrogen) atoms. The number of carbonyl (C=O) groups excluding carboxylic acids is 1. The van der Waals surface area contributed by atoms with Crippen LogP contribution in [0.15, 0.2) is 24.3 Å². The van der Waals surface area contributed by atoms with Crippen molar-refractivity contribution in [3.05, 3.63) is 30.1 Å². The summed E-state index contributed by atoms with van der Waals surface area (Å²) in [5, 5.41) is 2.87. The number of nitrogens with zero attached hydrogens (tertiary/aromatic N) is 1. The number of benzene rings is 1. The first-order chi connectivity index (χ1) is 9.61. The normalized spacial score (nSPS) is 12.9.